The largest absolute Gasteiger partial charge is 0.462 e. The van der Waals surface area contributed by atoms with Gasteiger partial charge in [-0.15, -0.1) is 0 Å². The van der Waals surface area contributed by atoms with Crippen molar-refractivity contribution in [3.63, 3.8) is 0 Å². The van der Waals surface area contributed by atoms with Crippen LogP contribution in [0.25, 0.3) is 21.9 Å². The fraction of sp³-hybridized carbons (Fsp3) is 0.692. The molecule has 0 radical (unpaired) electrons. The Morgan fingerprint density at radius 3 is 1.68 bits per heavy atom. The number of nitrogens with two attached hydrogens (primary N) is 2. The molecule has 0 saturated heterocycles. The third kappa shape index (κ3) is 26.2. The summed E-state index contributed by atoms with van der Waals surface area (Å²) >= 11 is 1.41. The van der Waals surface area contributed by atoms with Crippen molar-refractivity contribution in [1.29, 1.82) is 0 Å². The number of para-hydroxylation sites is 1. The molecule has 0 saturated carbocycles. The first kappa shape index (κ1) is 66.0. The number of pyridine rings is 1. The number of ketones is 1. The van der Waals surface area contributed by atoms with Crippen LogP contribution < -0.4 is 16.8 Å². The van der Waals surface area contributed by atoms with Gasteiger partial charge in [0.05, 0.1) is 17.1 Å². The van der Waals surface area contributed by atoms with Crippen molar-refractivity contribution in [2.45, 2.75) is 265 Å². The molecule has 13 heteroatoms. The van der Waals surface area contributed by atoms with E-state index in [4.69, 9.17) is 25.9 Å². The minimum Gasteiger partial charge on any atom is -0.462 e. The number of carbonyl (C=O) groups is 4. The van der Waals surface area contributed by atoms with E-state index in [0.29, 0.717) is 49.7 Å². The number of ether oxygens (including phenoxy) is 2. The van der Waals surface area contributed by atoms with Gasteiger partial charge >= 0.3 is 11.9 Å². The molecule has 0 aliphatic carbocycles. The Hall–Kier alpha value is -4.49. The molecule has 2 aromatic carbocycles. The molecule has 0 aliphatic rings. The Balaban J connectivity index is 1.20. The van der Waals surface area contributed by atoms with E-state index >= 15 is 0 Å². The Kier molecular flexibility index (Phi) is 34.4. The molecule has 1 amide bonds. The first-order chi connectivity index (χ1) is 38.1. The van der Waals surface area contributed by atoms with Crippen LogP contribution in [-0.2, 0) is 48.2 Å². The van der Waals surface area contributed by atoms with Gasteiger partial charge in [0, 0.05) is 61.6 Å². The quantitative estimate of drug-likeness (QED) is 0.0283. The average Bonchev–Trinajstić information content (AvgIpc) is 3.84. The second kappa shape index (κ2) is 40.6. The molecule has 0 spiro atoms. The van der Waals surface area contributed by atoms with E-state index in [9.17, 15) is 19.2 Å². The van der Waals surface area contributed by atoms with E-state index in [1.54, 1.807) is 0 Å². The van der Waals surface area contributed by atoms with Gasteiger partial charge in [-0.3, -0.25) is 19.2 Å². The monoisotopic (exact) mass is 1100 g/mol. The van der Waals surface area contributed by atoms with Crippen LogP contribution in [-0.4, -0.2) is 68.4 Å². The zero-order chi connectivity index (χ0) is 56.0. The number of fused-ring (bicyclic) bond motifs is 3. The van der Waals surface area contributed by atoms with Gasteiger partial charge in [0.15, 0.2) is 11.6 Å². The van der Waals surface area contributed by atoms with E-state index in [-0.39, 0.29) is 36.7 Å². The van der Waals surface area contributed by atoms with E-state index in [1.807, 2.05) is 37.3 Å². The van der Waals surface area contributed by atoms with Crippen LogP contribution in [0.5, 0.6) is 0 Å². The highest BCUT2D eigenvalue weighted by Crippen LogP contribution is 2.30. The topological polar surface area (TPSA) is 182 Å². The second-order valence-electron chi connectivity index (χ2n) is 22.2. The summed E-state index contributed by atoms with van der Waals surface area (Å²) in [6, 6.07) is 15.5. The van der Waals surface area contributed by atoms with Gasteiger partial charge in [0.25, 0.3) is 0 Å². The van der Waals surface area contributed by atoms with Gasteiger partial charge in [-0.1, -0.05) is 231 Å². The molecule has 0 aliphatic heterocycles. The fourth-order valence-electron chi connectivity index (χ4n) is 10.3. The Morgan fingerprint density at radius 1 is 0.615 bits per heavy atom. The summed E-state index contributed by atoms with van der Waals surface area (Å²) in [4.78, 5) is 62.5. The highest BCUT2D eigenvalue weighted by Gasteiger charge is 2.25. The lowest BCUT2D eigenvalue weighted by Crippen LogP contribution is -2.38. The number of hydrogen-bond acceptors (Lipinski definition) is 11. The molecule has 2 heterocycles. The number of benzene rings is 2. The normalized spacial score (nSPS) is 12.7. The number of aromatic nitrogens is 3. The summed E-state index contributed by atoms with van der Waals surface area (Å²) in [6.07, 6.45) is 35.5. The number of nitrogens with zero attached hydrogens (tertiary/aromatic N) is 3. The number of nitrogen functional groups attached to an aromatic ring is 1. The first-order valence-electron chi connectivity index (χ1n) is 31.2. The summed E-state index contributed by atoms with van der Waals surface area (Å²) in [6.45, 7) is 9.53. The van der Waals surface area contributed by atoms with E-state index < -0.39 is 18.1 Å². The second-order valence-corrected chi connectivity index (χ2v) is 23.2. The SMILES string of the molecule is CCCCCCCCCCCCCCCC(=O)OC[C@H](CSC[C@H](N)C(=O)C[C@H](CC)C(=O)NCc1ccc(Cn2c(CCCC)nc3c(N)nc4ccccc4c32)cc1)OC(=O)CCCCCCCCCCCCCCC. The van der Waals surface area contributed by atoms with Crippen molar-refractivity contribution < 1.29 is 28.7 Å². The van der Waals surface area contributed by atoms with Crippen LogP contribution in [0.15, 0.2) is 48.5 Å². The third-order valence-corrected chi connectivity index (χ3v) is 16.5. The van der Waals surface area contributed by atoms with Crippen molar-refractivity contribution in [2.75, 3.05) is 23.8 Å². The number of thioether (sulfide) groups is 1. The molecule has 78 heavy (non-hydrogen) atoms. The van der Waals surface area contributed by atoms with Crippen LogP contribution in [0.2, 0.25) is 0 Å². The molecule has 436 valence electrons. The predicted molar refractivity (Wildman–Crippen MR) is 326 cm³/mol. The average molecular weight is 1100 g/mol. The number of amides is 1. The summed E-state index contributed by atoms with van der Waals surface area (Å²) < 4.78 is 13.9. The lowest BCUT2D eigenvalue weighted by molar-refractivity contribution is -0.157. The number of nitrogens with one attached hydrogen (secondary N) is 1. The van der Waals surface area contributed by atoms with Gasteiger partial charge < -0.3 is 30.8 Å². The molecule has 3 atom stereocenters. The molecule has 4 aromatic rings. The number of unbranched alkanes of at least 4 members (excludes halogenated alkanes) is 25. The van der Waals surface area contributed by atoms with Crippen molar-refractivity contribution in [3.8, 4) is 0 Å². The highest BCUT2D eigenvalue weighted by atomic mass is 32.2. The zero-order valence-corrected chi connectivity index (χ0v) is 49.9. The molecule has 2 aromatic heterocycles. The Morgan fingerprint density at radius 2 is 1.13 bits per heavy atom. The van der Waals surface area contributed by atoms with Gasteiger partial charge in [-0.25, -0.2) is 9.97 Å². The van der Waals surface area contributed by atoms with Crippen LogP contribution in [0.3, 0.4) is 0 Å². The van der Waals surface area contributed by atoms with E-state index in [2.05, 4.69) is 53.8 Å². The van der Waals surface area contributed by atoms with Gasteiger partial charge in [0.1, 0.15) is 24.1 Å². The number of aryl methyl sites for hydroxylation is 1. The van der Waals surface area contributed by atoms with Gasteiger partial charge in [-0.05, 0) is 42.9 Å². The van der Waals surface area contributed by atoms with Gasteiger partial charge in [0.2, 0.25) is 5.91 Å². The van der Waals surface area contributed by atoms with Crippen molar-refractivity contribution in [3.05, 3.63) is 65.5 Å². The molecule has 0 bridgehead atoms. The number of anilines is 1. The minimum absolute atomic E-state index is 0.0225. The molecule has 5 N–H and O–H groups in total. The third-order valence-electron chi connectivity index (χ3n) is 15.3. The maximum Gasteiger partial charge on any atom is 0.306 e. The number of hydrogen-bond donors (Lipinski definition) is 3. The molecule has 12 nitrogen and oxygen atoms in total. The van der Waals surface area contributed by atoms with E-state index in [1.165, 1.54) is 140 Å². The van der Waals surface area contributed by atoms with Gasteiger partial charge in [-0.2, -0.15) is 11.8 Å². The number of esters is 2. The lowest BCUT2D eigenvalue weighted by atomic mass is 9.96. The summed E-state index contributed by atoms with van der Waals surface area (Å²) in [5, 5.41) is 4.07. The number of carbonyl (C=O) groups excluding carboxylic acids is 4. The standard InChI is InChI=1S/C65H104N6O6S/c1-5-9-12-14-16-18-20-22-24-26-28-30-32-39-60(73)76-48-54(77-61(74)40-33-31-29-27-25-23-21-19-17-15-13-10-6-2)49-78-50-56(66)58(72)45-53(8-4)65(75)68-46-51-41-43-52(44-42-51)47-71-59(38-11-7-3)70-62-63(71)55-36-34-35-37-57(55)69-64(62)67/h34-37,41-44,53-54,56H,5-33,38-40,45-50,66H2,1-4H3,(H2,67,69)(H,68,75)/t53-,54+,56-/m0/s1. The number of Topliss-reactive ketones (excluding diaryl/α,β-unsaturated/α-hetero) is 1. The smallest absolute Gasteiger partial charge is 0.306 e. The van der Waals surface area contributed by atoms with Crippen molar-refractivity contribution >= 4 is 63.1 Å². The lowest BCUT2D eigenvalue weighted by Gasteiger charge is -2.20. The van der Waals surface area contributed by atoms with E-state index in [0.717, 1.165) is 96.7 Å². The molecule has 4 rings (SSSR count). The van der Waals surface area contributed by atoms with Crippen molar-refractivity contribution in [2.24, 2.45) is 11.7 Å². The highest BCUT2D eigenvalue weighted by molar-refractivity contribution is 7.99. The molecule has 0 unspecified atom stereocenters. The summed E-state index contributed by atoms with van der Waals surface area (Å²) in [5.74, 6) is 0.592. The Labute approximate surface area is 475 Å². The summed E-state index contributed by atoms with van der Waals surface area (Å²) in [7, 11) is 0. The minimum atomic E-state index is -0.801. The summed E-state index contributed by atoms with van der Waals surface area (Å²) in [5.41, 5.74) is 17.5. The van der Waals surface area contributed by atoms with Crippen LogP contribution >= 0.6 is 11.8 Å². The number of rotatable bonds is 47. The first-order valence-corrected chi connectivity index (χ1v) is 32.3. The Bertz CT molecular complexity index is 2280. The zero-order valence-electron chi connectivity index (χ0n) is 49.1. The van der Waals surface area contributed by atoms with Crippen LogP contribution in [0, 0.1) is 5.92 Å². The molecular weight excluding hydrogens is 993 g/mol. The fourth-order valence-corrected chi connectivity index (χ4v) is 11.3. The predicted octanol–water partition coefficient (Wildman–Crippen LogP) is 15.6. The molecule has 0 fully saturated rings. The van der Waals surface area contributed by atoms with Crippen LogP contribution in [0.1, 0.15) is 250 Å². The van der Waals surface area contributed by atoms with Crippen LogP contribution in [0.4, 0.5) is 5.82 Å². The molecular formula is C65H104N6O6S. The maximum absolute atomic E-state index is 13.5. The number of imidazole rings is 1. The van der Waals surface area contributed by atoms with Crippen molar-refractivity contribution in [1.82, 2.24) is 19.9 Å². The maximum atomic E-state index is 13.5.